The van der Waals surface area contributed by atoms with Gasteiger partial charge in [-0.2, -0.15) is 9.50 Å². The summed E-state index contributed by atoms with van der Waals surface area (Å²) in [5, 5.41) is 4.48. The van der Waals surface area contributed by atoms with Crippen LogP contribution in [0.4, 0.5) is 5.82 Å². The summed E-state index contributed by atoms with van der Waals surface area (Å²) < 4.78 is 13.2. The quantitative estimate of drug-likeness (QED) is 0.396. The molecular weight excluding hydrogens is 448 g/mol. The van der Waals surface area contributed by atoms with Gasteiger partial charge in [0.05, 0.1) is 18.8 Å². The Balaban J connectivity index is 1.52. The van der Waals surface area contributed by atoms with E-state index >= 15 is 0 Å². The van der Waals surface area contributed by atoms with Gasteiger partial charge in [-0.1, -0.05) is 47.4 Å². The van der Waals surface area contributed by atoms with Crippen molar-refractivity contribution in [2.45, 2.75) is 11.3 Å². The van der Waals surface area contributed by atoms with Crippen LogP contribution in [-0.2, 0) is 9.53 Å². The number of allylic oxidation sites excluding steroid dienone is 4. The summed E-state index contributed by atoms with van der Waals surface area (Å²) >= 11 is 2.79. The number of nitrogens with zero attached hydrogens (tertiary/aromatic N) is 3. The lowest BCUT2D eigenvalue weighted by molar-refractivity contribution is -0.114. The number of anilines is 1. The number of benzene rings is 1. The van der Waals surface area contributed by atoms with Crippen molar-refractivity contribution in [1.82, 2.24) is 14.6 Å². The first-order valence-electron chi connectivity index (χ1n) is 9.83. The van der Waals surface area contributed by atoms with Crippen LogP contribution in [0.15, 0.2) is 69.0 Å². The number of fused-ring (bicyclic) bond motifs is 1. The number of carbonyl (C=O) groups is 1. The molecule has 4 rings (SSSR count). The van der Waals surface area contributed by atoms with Crippen LogP contribution in [0.2, 0.25) is 0 Å². The normalized spacial score (nSPS) is 14.7. The summed E-state index contributed by atoms with van der Waals surface area (Å²) in [6.07, 6.45) is 6.16. The van der Waals surface area contributed by atoms with E-state index in [4.69, 9.17) is 15.2 Å². The minimum atomic E-state index is -0.459. The fraction of sp³-hybridized carbons (Fsp3) is 0.182. The Morgan fingerprint density at radius 3 is 2.78 bits per heavy atom. The Bertz CT molecular complexity index is 1290. The molecule has 0 bridgehead atoms. The van der Waals surface area contributed by atoms with Gasteiger partial charge in [-0.25, -0.2) is 0 Å². The van der Waals surface area contributed by atoms with Crippen molar-refractivity contribution in [2.75, 3.05) is 24.7 Å². The molecule has 2 heterocycles. The molecule has 0 aliphatic heterocycles. The minimum Gasteiger partial charge on any atom is -0.493 e. The number of aromatic nitrogens is 3. The van der Waals surface area contributed by atoms with E-state index in [9.17, 15) is 9.59 Å². The predicted molar refractivity (Wildman–Crippen MR) is 126 cm³/mol. The van der Waals surface area contributed by atoms with Gasteiger partial charge < -0.3 is 15.2 Å². The average molecular weight is 469 g/mol. The molecular formula is C22H20N4O4S2. The van der Waals surface area contributed by atoms with Gasteiger partial charge in [0.15, 0.2) is 10.1 Å². The minimum absolute atomic E-state index is 0.188. The molecule has 1 aliphatic carbocycles. The molecule has 164 valence electrons. The van der Waals surface area contributed by atoms with Crippen LogP contribution in [-0.4, -0.2) is 39.3 Å². The lowest BCUT2D eigenvalue weighted by Gasteiger charge is -2.10. The van der Waals surface area contributed by atoms with E-state index in [1.54, 1.807) is 25.2 Å². The summed E-state index contributed by atoms with van der Waals surface area (Å²) in [6.45, 7) is 2.68. The standard InChI is InChI=1S/C22H20N4O4S2/c1-2-29-18-13-14(8-9-17(18)27)12-16-19(23)26-21(24-20(16)28)32-22(25-26)31-11-10-30-15-6-4-3-5-7-15/h3-9,12-13H,2,10-11,23H2,1H3. The molecule has 0 amide bonds. The van der Waals surface area contributed by atoms with Gasteiger partial charge in [0, 0.05) is 5.75 Å². The van der Waals surface area contributed by atoms with Crippen molar-refractivity contribution in [3.8, 4) is 5.75 Å². The maximum atomic E-state index is 12.6. The lowest BCUT2D eigenvalue weighted by Crippen LogP contribution is -2.17. The topological polar surface area (TPSA) is 109 Å². The summed E-state index contributed by atoms with van der Waals surface area (Å²) in [4.78, 5) is 29.0. The highest BCUT2D eigenvalue weighted by Crippen LogP contribution is 2.26. The van der Waals surface area contributed by atoms with Gasteiger partial charge in [0.1, 0.15) is 11.6 Å². The lowest BCUT2D eigenvalue weighted by atomic mass is 10.0. The highest BCUT2D eigenvalue weighted by Gasteiger charge is 2.16. The first kappa shape index (κ1) is 21.8. The number of thioether (sulfide) groups is 1. The number of carbonyl (C=O) groups excluding carboxylic acids is 1. The second-order valence-electron chi connectivity index (χ2n) is 6.57. The third kappa shape index (κ3) is 4.92. The van der Waals surface area contributed by atoms with E-state index in [0.717, 1.165) is 10.1 Å². The van der Waals surface area contributed by atoms with Crippen molar-refractivity contribution in [2.24, 2.45) is 0 Å². The SMILES string of the molecule is CCOC1=CC(=Cc2c(N)n3nc(SCCOc4ccccc4)sc3nc2=O)C=CC1=O. The zero-order chi connectivity index (χ0) is 22.5. The van der Waals surface area contributed by atoms with E-state index in [2.05, 4.69) is 10.1 Å². The molecule has 0 saturated carbocycles. The monoisotopic (exact) mass is 468 g/mol. The molecule has 8 nitrogen and oxygen atoms in total. The van der Waals surface area contributed by atoms with Crippen molar-refractivity contribution >= 4 is 45.7 Å². The maximum absolute atomic E-state index is 12.6. The first-order chi connectivity index (χ1) is 15.5. The summed E-state index contributed by atoms with van der Waals surface area (Å²) in [5.74, 6) is 1.68. The number of para-hydroxylation sites is 1. The second kappa shape index (κ2) is 9.84. The van der Waals surface area contributed by atoms with Crippen LogP contribution >= 0.6 is 23.1 Å². The molecule has 32 heavy (non-hydrogen) atoms. The maximum Gasteiger partial charge on any atom is 0.283 e. The first-order valence-corrected chi connectivity index (χ1v) is 11.6. The molecule has 3 aromatic rings. The third-order valence-corrected chi connectivity index (χ3v) is 6.38. The average Bonchev–Trinajstić information content (AvgIpc) is 3.20. The third-order valence-electron chi connectivity index (χ3n) is 4.37. The highest BCUT2D eigenvalue weighted by atomic mass is 32.2. The molecule has 0 spiro atoms. The number of nitrogen functional groups attached to an aromatic ring is 1. The molecule has 10 heteroatoms. The molecule has 2 N–H and O–H groups in total. The van der Waals surface area contributed by atoms with Gasteiger partial charge in [-0.3, -0.25) is 9.59 Å². The van der Waals surface area contributed by atoms with E-state index in [1.165, 1.54) is 33.7 Å². The van der Waals surface area contributed by atoms with E-state index < -0.39 is 5.56 Å². The second-order valence-corrected chi connectivity index (χ2v) is 8.87. The van der Waals surface area contributed by atoms with Gasteiger partial charge in [0.2, 0.25) is 10.7 Å². The number of hydrogen-bond acceptors (Lipinski definition) is 9. The molecule has 1 aliphatic rings. The van der Waals surface area contributed by atoms with E-state index in [0.29, 0.717) is 29.5 Å². The Morgan fingerprint density at radius 1 is 1.19 bits per heavy atom. The Labute approximate surface area is 192 Å². The Kier molecular flexibility index (Phi) is 6.72. The fourth-order valence-corrected chi connectivity index (χ4v) is 4.74. The molecule has 2 aromatic heterocycles. The fourth-order valence-electron chi connectivity index (χ4n) is 2.91. The van der Waals surface area contributed by atoms with E-state index in [1.807, 2.05) is 30.3 Å². The highest BCUT2D eigenvalue weighted by molar-refractivity contribution is 8.01. The van der Waals surface area contributed by atoms with E-state index in [-0.39, 0.29) is 22.9 Å². The van der Waals surface area contributed by atoms with Gasteiger partial charge in [-0.15, -0.1) is 5.10 Å². The molecule has 0 fully saturated rings. The van der Waals surface area contributed by atoms with Crippen LogP contribution in [0.5, 0.6) is 5.75 Å². The van der Waals surface area contributed by atoms with Crippen LogP contribution in [0.1, 0.15) is 12.5 Å². The smallest absolute Gasteiger partial charge is 0.283 e. The number of rotatable bonds is 8. The summed E-state index contributed by atoms with van der Waals surface area (Å²) in [5.41, 5.74) is 6.61. The van der Waals surface area contributed by atoms with Crippen molar-refractivity contribution in [3.05, 3.63) is 75.8 Å². The summed E-state index contributed by atoms with van der Waals surface area (Å²) in [7, 11) is 0. The van der Waals surface area contributed by atoms with Gasteiger partial charge in [-0.05, 0) is 42.9 Å². The van der Waals surface area contributed by atoms with Gasteiger partial charge in [0.25, 0.3) is 5.56 Å². The molecule has 0 atom stereocenters. The number of nitrogens with two attached hydrogens (primary N) is 1. The van der Waals surface area contributed by atoms with Crippen LogP contribution < -0.4 is 16.0 Å². The van der Waals surface area contributed by atoms with Crippen molar-refractivity contribution in [1.29, 1.82) is 0 Å². The molecule has 0 unspecified atom stereocenters. The Hall–Kier alpha value is -3.37. The zero-order valence-corrected chi connectivity index (χ0v) is 18.8. The van der Waals surface area contributed by atoms with Crippen molar-refractivity contribution in [3.63, 3.8) is 0 Å². The van der Waals surface area contributed by atoms with Crippen LogP contribution in [0, 0.1) is 0 Å². The van der Waals surface area contributed by atoms with Crippen LogP contribution in [0.25, 0.3) is 11.0 Å². The molecule has 0 radical (unpaired) electrons. The van der Waals surface area contributed by atoms with Gasteiger partial charge >= 0.3 is 0 Å². The molecule has 1 aromatic carbocycles. The van der Waals surface area contributed by atoms with Crippen molar-refractivity contribution < 1.29 is 14.3 Å². The Morgan fingerprint density at radius 2 is 2.00 bits per heavy atom. The number of ether oxygens (including phenoxy) is 2. The largest absolute Gasteiger partial charge is 0.493 e. The predicted octanol–water partition coefficient (Wildman–Crippen LogP) is 3.35. The van der Waals surface area contributed by atoms with Crippen LogP contribution in [0.3, 0.4) is 0 Å². The number of hydrogen-bond donors (Lipinski definition) is 1. The molecule has 0 saturated heterocycles. The summed E-state index contributed by atoms with van der Waals surface area (Å²) in [6, 6.07) is 9.58. The number of ketones is 1. The zero-order valence-electron chi connectivity index (χ0n) is 17.2.